The number of nitrogens with one attached hydrogen (secondary N) is 3. The van der Waals surface area contributed by atoms with Crippen molar-refractivity contribution in [2.45, 2.75) is 33.0 Å². The molecular formula is C17H19F3N4O2. The number of halogens is 3. The summed E-state index contributed by atoms with van der Waals surface area (Å²) in [7, 11) is 0. The number of aromatic amines is 1. The molecule has 0 radical (unpaired) electrons. The number of aryl methyl sites for hydroxylation is 1. The highest BCUT2D eigenvalue weighted by Crippen LogP contribution is 2.28. The van der Waals surface area contributed by atoms with Crippen LogP contribution in [0, 0.1) is 12.8 Å². The first kappa shape index (κ1) is 19.5. The molecule has 0 spiro atoms. The largest absolute Gasteiger partial charge is 0.432 e. The molecule has 1 aromatic heterocycles. The minimum Gasteiger partial charge on any atom is -0.340 e. The number of amides is 2. The Morgan fingerprint density at radius 3 is 2.27 bits per heavy atom. The number of hydrogen-bond acceptors (Lipinski definition) is 3. The molecule has 2 rings (SSSR count). The highest BCUT2D eigenvalue weighted by molar-refractivity contribution is 6.01. The van der Waals surface area contributed by atoms with Crippen LogP contribution in [0.5, 0.6) is 0 Å². The van der Waals surface area contributed by atoms with Crippen molar-refractivity contribution in [3.63, 3.8) is 0 Å². The molecule has 0 aliphatic heterocycles. The van der Waals surface area contributed by atoms with Crippen LogP contribution in [0.25, 0.3) is 0 Å². The number of carbonyl (C=O) groups is 2. The van der Waals surface area contributed by atoms with Crippen molar-refractivity contribution in [1.82, 2.24) is 15.5 Å². The maximum atomic E-state index is 12.6. The molecule has 140 valence electrons. The lowest BCUT2D eigenvalue weighted by atomic mass is 10.0. The first-order chi connectivity index (χ1) is 12.1. The molecule has 2 amide bonds. The van der Waals surface area contributed by atoms with Gasteiger partial charge in [-0.05, 0) is 25.0 Å². The van der Waals surface area contributed by atoms with Gasteiger partial charge >= 0.3 is 6.18 Å². The van der Waals surface area contributed by atoms with E-state index in [1.54, 1.807) is 38.1 Å². The van der Waals surface area contributed by atoms with Gasteiger partial charge < -0.3 is 10.6 Å². The standard InChI is InChI=1S/C17H19F3N4O2/c1-9(2)14(22-15(25)11-6-4-10(3)5-7-11)16(26)21-13-8-12(23-24-13)17(18,19)20/h4-9,14H,1-3H3,(H,22,25)(H2,21,23,24,26). The zero-order valence-electron chi connectivity index (χ0n) is 14.4. The molecule has 1 aromatic carbocycles. The molecule has 1 atom stereocenters. The maximum absolute atomic E-state index is 12.6. The number of alkyl halides is 3. The summed E-state index contributed by atoms with van der Waals surface area (Å²) in [6.45, 7) is 5.31. The average molecular weight is 368 g/mol. The van der Waals surface area contributed by atoms with Crippen molar-refractivity contribution in [2.24, 2.45) is 5.92 Å². The number of nitrogens with zero attached hydrogens (tertiary/aromatic N) is 1. The second kappa shape index (κ2) is 7.59. The number of benzene rings is 1. The summed E-state index contributed by atoms with van der Waals surface area (Å²) in [5, 5.41) is 10.1. The fraction of sp³-hybridized carbons (Fsp3) is 0.353. The van der Waals surface area contributed by atoms with Crippen molar-refractivity contribution < 1.29 is 22.8 Å². The summed E-state index contributed by atoms with van der Waals surface area (Å²) < 4.78 is 37.7. The summed E-state index contributed by atoms with van der Waals surface area (Å²) >= 11 is 0. The number of anilines is 1. The zero-order chi connectivity index (χ0) is 19.5. The first-order valence-corrected chi connectivity index (χ1v) is 7.89. The van der Waals surface area contributed by atoms with Gasteiger partial charge in [0.25, 0.3) is 5.91 Å². The van der Waals surface area contributed by atoms with Gasteiger partial charge in [0.2, 0.25) is 5.91 Å². The summed E-state index contributed by atoms with van der Waals surface area (Å²) in [5.41, 5.74) is 0.296. The third kappa shape index (κ3) is 4.84. The number of hydrogen-bond donors (Lipinski definition) is 3. The summed E-state index contributed by atoms with van der Waals surface area (Å²) in [5.74, 6) is -1.65. The Morgan fingerprint density at radius 2 is 1.77 bits per heavy atom. The van der Waals surface area contributed by atoms with E-state index in [0.717, 1.165) is 5.56 Å². The molecule has 1 unspecified atom stereocenters. The van der Waals surface area contributed by atoms with Gasteiger partial charge in [0.15, 0.2) is 5.82 Å². The second-order valence-corrected chi connectivity index (χ2v) is 6.22. The smallest absolute Gasteiger partial charge is 0.340 e. The lowest BCUT2D eigenvalue weighted by Gasteiger charge is -2.21. The molecule has 0 aliphatic rings. The minimum atomic E-state index is -4.59. The van der Waals surface area contributed by atoms with Crippen LogP contribution in [0.2, 0.25) is 0 Å². The Kier molecular flexibility index (Phi) is 5.69. The molecule has 0 fully saturated rings. The predicted molar refractivity (Wildman–Crippen MR) is 89.5 cm³/mol. The molecule has 6 nitrogen and oxygen atoms in total. The van der Waals surface area contributed by atoms with Crippen molar-refractivity contribution in [1.29, 1.82) is 0 Å². The van der Waals surface area contributed by atoms with Gasteiger partial charge in [-0.15, -0.1) is 0 Å². The van der Waals surface area contributed by atoms with Crippen LogP contribution in [-0.4, -0.2) is 28.1 Å². The third-order valence-corrected chi connectivity index (χ3v) is 3.68. The van der Waals surface area contributed by atoms with Gasteiger partial charge in [-0.1, -0.05) is 31.5 Å². The highest BCUT2D eigenvalue weighted by Gasteiger charge is 2.33. The number of carbonyl (C=O) groups excluding carboxylic acids is 2. The summed E-state index contributed by atoms with van der Waals surface area (Å²) in [6, 6.07) is 6.54. The van der Waals surface area contributed by atoms with Crippen LogP contribution in [0.1, 0.15) is 35.5 Å². The summed E-state index contributed by atoms with van der Waals surface area (Å²) in [4.78, 5) is 24.7. The van der Waals surface area contributed by atoms with Gasteiger partial charge in [-0.2, -0.15) is 18.3 Å². The van der Waals surface area contributed by atoms with Crippen LogP contribution in [0.15, 0.2) is 30.3 Å². The Morgan fingerprint density at radius 1 is 1.15 bits per heavy atom. The zero-order valence-corrected chi connectivity index (χ0v) is 14.4. The van der Waals surface area contributed by atoms with Gasteiger partial charge in [-0.25, -0.2) is 0 Å². The van der Waals surface area contributed by atoms with E-state index in [4.69, 9.17) is 0 Å². The van der Waals surface area contributed by atoms with Gasteiger partial charge in [-0.3, -0.25) is 14.7 Å². The van der Waals surface area contributed by atoms with Crippen molar-refractivity contribution in [3.05, 3.63) is 47.2 Å². The van der Waals surface area contributed by atoms with Crippen LogP contribution in [0.4, 0.5) is 19.0 Å². The molecule has 0 saturated heterocycles. The lowest BCUT2D eigenvalue weighted by Crippen LogP contribution is -2.47. The number of rotatable bonds is 5. The SMILES string of the molecule is Cc1ccc(C(=O)NC(C(=O)Nc2cc(C(F)(F)F)[nH]n2)C(C)C)cc1. The lowest BCUT2D eigenvalue weighted by molar-refractivity contribution is -0.141. The topological polar surface area (TPSA) is 86.9 Å². The molecule has 0 bridgehead atoms. The van der Waals surface area contributed by atoms with Crippen molar-refractivity contribution in [2.75, 3.05) is 5.32 Å². The van der Waals surface area contributed by atoms with E-state index in [1.165, 1.54) is 0 Å². The molecule has 9 heteroatoms. The molecule has 2 aromatic rings. The van der Waals surface area contributed by atoms with E-state index < -0.39 is 29.7 Å². The third-order valence-electron chi connectivity index (χ3n) is 3.68. The van der Waals surface area contributed by atoms with E-state index in [2.05, 4.69) is 15.7 Å². The molecule has 3 N–H and O–H groups in total. The second-order valence-electron chi connectivity index (χ2n) is 6.22. The fourth-order valence-corrected chi connectivity index (χ4v) is 2.20. The average Bonchev–Trinajstić information content (AvgIpc) is 3.01. The van der Waals surface area contributed by atoms with Crippen LogP contribution >= 0.6 is 0 Å². The van der Waals surface area contributed by atoms with Crippen molar-refractivity contribution in [3.8, 4) is 0 Å². The van der Waals surface area contributed by atoms with Gasteiger partial charge in [0.1, 0.15) is 11.7 Å². The normalized spacial score (nSPS) is 12.7. The number of aromatic nitrogens is 2. The minimum absolute atomic E-state index is 0.266. The predicted octanol–water partition coefficient (Wildman–Crippen LogP) is 3.13. The van der Waals surface area contributed by atoms with Gasteiger partial charge in [0, 0.05) is 11.6 Å². The monoisotopic (exact) mass is 368 g/mol. The van der Waals surface area contributed by atoms with Gasteiger partial charge in [0.05, 0.1) is 0 Å². The Labute approximate surface area is 148 Å². The maximum Gasteiger partial charge on any atom is 0.432 e. The van der Waals surface area contributed by atoms with E-state index in [0.29, 0.717) is 11.6 Å². The molecular weight excluding hydrogens is 349 g/mol. The van der Waals surface area contributed by atoms with Crippen LogP contribution in [-0.2, 0) is 11.0 Å². The Balaban J connectivity index is 2.08. The highest BCUT2D eigenvalue weighted by atomic mass is 19.4. The molecule has 0 saturated carbocycles. The van der Waals surface area contributed by atoms with Crippen LogP contribution < -0.4 is 10.6 Å². The molecule has 0 aliphatic carbocycles. The van der Waals surface area contributed by atoms with E-state index >= 15 is 0 Å². The van der Waals surface area contributed by atoms with E-state index in [-0.39, 0.29) is 11.7 Å². The fourth-order valence-electron chi connectivity index (χ4n) is 2.20. The van der Waals surface area contributed by atoms with E-state index in [9.17, 15) is 22.8 Å². The Hall–Kier alpha value is -2.84. The molecule has 26 heavy (non-hydrogen) atoms. The quantitative estimate of drug-likeness (QED) is 0.758. The summed E-state index contributed by atoms with van der Waals surface area (Å²) in [6.07, 6.45) is -4.59. The Bertz CT molecular complexity index is 782. The number of H-pyrrole nitrogens is 1. The molecule has 1 heterocycles. The van der Waals surface area contributed by atoms with Crippen molar-refractivity contribution >= 4 is 17.6 Å². The first-order valence-electron chi connectivity index (χ1n) is 7.89. The van der Waals surface area contributed by atoms with Crippen LogP contribution in [0.3, 0.4) is 0 Å². The van der Waals surface area contributed by atoms with E-state index in [1.807, 2.05) is 12.0 Å².